The number of hydrogen-bond acceptors (Lipinski definition) is 4. The van der Waals surface area contributed by atoms with Crippen LogP contribution in [0, 0.1) is 11.8 Å². The van der Waals surface area contributed by atoms with Crippen LogP contribution in [0.3, 0.4) is 0 Å². The maximum Gasteiger partial charge on any atom is 0.192 e. The van der Waals surface area contributed by atoms with Crippen LogP contribution in [0.2, 0.25) is 54.4 Å². The van der Waals surface area contributed by atoms with Crippen LogP contribution in [0.15, 0.2) is 11.6 Å². The molecule has 1 N–H and O–H groups in total. The molecular formula is C34H74O4Si3. The Kier molecular flexibility index (Phi) is 17.7. The van der Waals surface area contributed by atoms with Gasteiger partial charge in [-0.05, 0) is 99.3 Å². The second-order valence-electron chi connectivity index (χ2n) is 16.0. The lowest BCUT2D eigenvalue weighted by Crippen LogP contribution is -2.45. The van der Waals surface area contributed by atoms with E-state index >= 15 is 0 Å². The van der Waals surface area contributed by atoms with Gasteiger partial charge < -0.3 is 18.4 Å². The lowest BCUT2D eigenvalue weighted by atomic mass is 9.92. The Hall–Kier alpha value is 0.231. The summed E-state index contributed by atoms with van der Waals surface area (Å²) < 4.78 is 20.4. The van der Waals surface area contributed by atoms with Crippen molar-refractivity contribution in [3.63, 3.8) is 0 Å². The summed E-state index contributed by atoms with van der Waals surface area (Å²) in [5, 5.41) is 10.4. The fourth-order valence-electron chi connectivity index (χ4n) is 4.88. The molecule has 4 nitrogen and oxygen atoms in total. The van der Waals surface area contributed by atoms with E-state index in [9.17, 15) is 5.11 Å². The third kappa shape index (κ3) is 13.8. The number of aliphatic hydroxyl groups is 1. The first-order chi connectivity index (χ1) is 18.6. The highest BCUT2D eigenvalue weighted by Crippen LogP contribution is 2.40. The molecule has 0 rings (SSSR count). The van der Waals surface area contributed by atoms with Crippen molar-refractivity contribution >= 4 is 25.0 Å². The molecule has 0 aromatic rings. The molecule has 0 amide bonds. The van der Waals surface area contributed by atoms with Crippen molar-refractivity contribution in [2.24, 2.45) is 11.8 Å². The molecule has 0 bridgehead atoms. The average molecular weight is 631 g/mol. The van der Waals surface area contributed by atoms with Gasteiger partial charge in [0.2, 0.25) is 0 Å². The molecule has 7 heteroatoms. The Morgan fingerprint density at radius 1 is 0.756 bits per heavy atom. The maximum atomic E-state index is 9.98. The molecule has 0 aliphatic heterocycles. The number of aliphatic hydroxyl groups excluding tert-OH is 1. The molecule has 41 heavy (non-hydrogen) atoms. The minimum atomic E-state index is -1.89. The second-order valence-corrected chi connectivity index (χ2v) is 30.3. The summed E-state index contributed by atoms with van der Waals surface area (Å²) in [5.74, 6) is 0.600. The van der Waals surface area contributed by atoms with E-state index in [1.807, 2.05) is 0 Å². The average Bonchev–Trinajstić information content (AvgIpc) is 2.86. The normalized spacial score (nSPS) is 17.4. The van der Waals surface area contributed by atoms with Crippen molar-refractivity contribution in [3.05, 3.63) is 11.6 Å². The van der Waals surface area contributed by atoms with Crippen molar-refractivity contribution < 1.29 is 18.4 Å². The van der Waals surface area contributed by atoms with Crippen LogP contribution < -0.4 is 0 Å². The maximum absolute atomic E-state index is 9.98. The first kappa shape index (κ1) is 41.2. The van der Waals surface area contributed by atoms with E-state index in [0.717, 1.165) is 56.8 Å². The molecule has 0 radical (unpaired) electrons. The van der Waals surface area contributed by atoms with Crippen LogP contribution >= 0.6 is 0 Å². The quantitative estimate of drug-likeness (QED) is 0.0826. The number of rotatable bonds is 20. The van der Waals surface area contributed by atoms with Crippen LogP contribution in [0.5, 0.6) is 0 Å². The van der Waals surface area contributed by atoms with Gasteiger partial charge in [-0.25, -0.2) is 0 Å². The van der Waals surface area contributed by atoms with Crippen LogP contribution in [-0.2, 0) is 13.3 Å². The van der Waals surface area contributed by atoms with Crippen LogP contribution in [-0.4, -0.2) is 55.5 Å². The zero-order valence-electron chi connectivity index (χ0n) is 30.6. The molecule has 0 aliphatic carbocycles. The first-order valence-corrected chi connectivity index (χ1v) is 25.2. The fraction of sp³-hybridized carbons (Fsp3) is 0.941. The molecule has 4 atom stereocenters. The molecule has 0 unspecified atom stereocenters. The Morgan fingerprint density at radius 2 is 1.27 bits per heavy atom. The third-order valence-corrected chi connectivity index (χ3v) is 24.3. The highest BCUT2D eigenvalue weighted by molar-refractivity contribution is 6.74. The SMILES string of the molecule is CC[Si](CC)(CC)O[C@H](C/C=C(\C)C[C@H](C)[C@H](CCCCO[Si](C)(C)C(C)(C)C)O[Si](C)(C)C(C)(C)C)[C@@H](C)CO. The summed E-state index contributed by atoms with van der Waals surface area (Å²) in [7, 11) is -5.32. The van der Waals surface area contributed by atoms with Crippen molar-refractivity contribution in [2.75, 3.05) is 13.2 Å². The standard InChI is InChI=1S/C34H74O4Si3/c1-17-41(18-2,19-3)38-32(30(6)27-35)24-23-28(4)26-29(5)31(37-40(15,16)34(10,11)12)22-20-21-25-36-39(13,14)33(7,8)9/h23,29-32,35H,17-22,24-27H2,1-16H3/b28-23+/t29-,30-,31-,32+/m0/s1. The van der Waals surface area contributed by atoms with E-state index < -0.39 is 25.0 Å². The van der Waals surface area contributed by atoms with E-state index in [-0.39, 0.29) is 34.8 Å². The second kappa shape index (κ2) is 17.6. The molecule has 0 aromatic heterocycles. The van der Waals surface area contributed by atoms with E-state index in [2.05, 4.69) is 115 Å². The molecule has 0 saturated heterocycles. The molecule has 0 fully saturated rings. The van der Waals surface area contributed by atoms with Crippen LogP contribution in [0.1, 0.15) is 115 Å². The van der Waals surface area contributed by atoms with Gasteiger partial charge in [0.1, 0.15) is 0 Å². The molecule has 0 aromatic carbocycles. The van der Waals surface area contributed by atoms with Crippen molar-refractivity contribution in [3.8, 4) is 0 Å². The smallest absolute Gasteiger partial charge is 0.192 e. The predicted molar refractivity (Wildman–Crippen MR) is 190 cm³/mol. The number of unbranched alkanes of at least 4 members (excludes halogenated alkanes) is 1. The van der Waals surface area contributed by atoms with E-state index in [1.54, 1.807) is 0 Å². The van der Waals surface area contributed by atoms with E-state index in [0.29, 0.717) is 5.92 Å². The molecular weight excluding hydrogens is 557 g/mol. The minimum Gasteiger partial charge on any atom is -0.417 e. The molecule has 0 aliphatic rings. The Bertz CT molecular complexity index is 740. The molecule has 0 heterocycles. The summed E-state index contributed by atoms with van der Waals surface area (Å²) in [6.07, 6.45) is 8.00. The highest BCUT2D eigenvalue weighted by Gasteiger charge is 2.40. The lowest BCUT2D eigenvalue weighted by molar-refractivity contribution is 0.0892. The zero-order valence-corrected chi connectivity index (χ0v) is 33.6. The van der Waals surface area contributed by atoms with Gasteiger partial charge in [-0.2, -0.15) is 0 Å². The lowest BCUT2D eigenvalue weighted by Gasteiger charge is -2.41. The Morgan fingerprint density at radius 3 is 1.71 bits per heavy atom. The zero-order chi connectivity index (χ0) is 32.3. The summed E-state index contributed by atoms with van der Waals surface area (Å²) >= 11 is 0. The number of allylic oxidation sites excluding steroid dienone is 1. The van der Waals surface area contributed by atoms with Crippen LogP contribution in [0.25, 0.3) is 0 Å². The summed E-state index contributed by atoms with van der Waals surface area (Å²) in [5.41, 5.74) is 1.41. The van der Waals surface area contributed by atoms with Gasteiger partial charge in [0, 0.05) is 25.2 Å². The van der Waals surface area contributed by atoms with Gasteiger partial charge in [0.15, 0.2) is 25.0 Å². The van der Waals surface area contributed by atoms with Crippen molar-refractivity contribution in [1.29, 1.82) is 0 Å². The van der Waals surface area contributed by atoms with Gasteiger partial charge >= 0.3 is 0 Å². The Balaban J connectivity index is 5.54. The monoisotopic (exact) mass is 630 g/mol. The first-order valence-electron chi connectivity index (χ1n) is 16.9. The number of hydrogen-bond donors (Lipinski definition) is 1. The third-order valence-electron chi connectivity index (χ3n) is 10.6. The van der Waals surface area contributed by atoms with Gasteiger partial charge in [-0.15, -0.1) is 0 Å². The van der Waals surface area contributed by atoms with Gasteiger partial charge in [0.25, 0.3) is 0 Å². The topological polar surface area (TPSA) is 47.9 Å². The summed E-state index contributed by atoms with van der Waals surface area (Å²) in [6.45, 7) is 38.1. The van der Waals surface area contributed by atoms with Gasteiger partial charge in [-0.1, -0.05) is 87.8 Å². The fourth-order valence-corrected chi connectivity index (χ4v) is 10.4. The highest BCUT2D eigenvalue weighted by atomic mass is 28.4. The van der Waals surface area contributed by atoms with Crippen LogP contribution in [0.4, 0.5) is 0 Å². The van der Waals surface area contributed by atoms with E-state index in [4.69, 9.17) is 13.3 Å². The van der Waals surface area contributed by atoms with Crippen molar-refractivity contribution in [1.82, 2.24) is 0 Å². The van der Waals surface area contributed by atoms with Gasteiger partial charge in [-0.3, -0.25) is 0 Å². The van der Waals surface area contributed by atoms with Crippen molar-refractivity contribution in [2.45, 2.75) is 182 Å². The largest absolute Gasteiger partial charge is 0.417 e. The summed E-state index contributed by atoms with van der Waals surface area (Å²) in [4.78, 5) is 0. The Labute approximate surface area is 261 Å². The predicted octanol–water partition coefficient (Wildman–Crippen LogP) is 11.0. The van der Waals surface area contributed by atoms with Gasteiger partial charge in [0.05, 0.1) is 6.10 Å². The summed E-state index contributed by atoms with van der Waals surface area (Å²) in [6, 6.07) is 3.42. The molecule has 0 saturated carbocycles. The minimum absolute atomic E-state index is 0.0944. The molecule has 0 spiro atoms. The van der Waals surface area contributed by atoms with E-state index in [1.165, 1.54) is 5.57 Å². The molecule has 246 valence electrons.